The van der Waals surface area contributed by atoms with Crippen LogP contribution < -0.4 is 0 Å². The van der Waals surface area contributed by atoms with Crippen molar-refractivity contribution in [3.05, 3.63) is 28.5 Å². The van der Waals surface area contributed by atoms with Gasteiger partial charge in [-0.2, -0.15) is 0 Å². The monoisotopic (exact) mass is 238 g/mol. The normalized spacial score (nSPS) is 13.2. The largest absolute Gasteiger partial charge is 0.386 e. The van der Waals surface area contributed by atoms with Crippen molar-refractivity contribution >= 4 is 11.3 Å². The van der Waals surface area contributed by atoms with Crippen LogP contribution in [0.1, 0.15) is 30.7 Å². The molecule has 0 amide bonds. The standard InChI is InChI=1S/C10H14N4OS/c1-7(2)10(15)8-5-14(13-12-8)6-9-11-3-4-16-9/h3-5,7,10,15H,6H2,1-2H3/t10-/m1/s1. The van der Waals surface area contributed by atoms with Crippen molar-refractivity contribution < 1.29 is 5.11 Å². The molecule has 0 aliphatic rings. The molecule has 2 rings (SSSR count). The molecule has 0 radical (unpaired) electrons. The maximum Gasteiger partial charge on any atom is 0.114 e. The number of rotatable bonds is 4. The van der Waals surface area contributed by atoms with Crippen LogP contribution in [0.25, 0.3) is 0 Å². The predicted octanol–water partition coefficient (Wildman–Crippen LogP) is 1.47. The zero-order valence-electron chi connectivity index (χ0n) is 9.24. The molecule has 1 N–H and O–H groups in total. The van der Waals surface area contributed by atoms with E-state index in [0.717, 1.165) is 5.01 Å². The van der Waals surface area contributed by atoms with Gasteiger partial charge in [-0.15, -0.1) is 16.4 Å². The van der Waals surface area contributed by atoms with Gasteiger partial charge in [-0.25, -0.2) is 9.67 Å². The molecule has 0 aliphatic carbocycles. The third kappa shape index (κ3) is 2.45. The summed E-state index contributed by atoms with van der Waals surface area (Å²) in [5, 5.41) is 20.6. The lowest BCUT2D eigenvalue weighted by atomic mass is 10.1. The van der Waals surface area contributed by atoms with Gasteiger partial charge in [0.25, 0.3) is 0 Å². The summed E-state index contributed by atoms with van der Waals surface area (Å²) >= 11 is 1.58. The summed E-state index contributed by atoms with van der Waals surface area (Å²) in [6.45, 7) is 4.50. The molecule has 1 atom stereocenters. The van der Waals surface area contributed by atoms with Crippen molar-refractivity contribution in [2.24, 2.45) is 5.92 Å². The zero-order valence-corrected chi connectivity index (χ0v) is 10.1. The van der Waals surface area contributed by atoms with E-state index in [0.29, 0.717) is 12.2 Å². The van der Waals surface area contributed by atoms with Gasteiger partial charge in [-0.3, -0.25) is 0 Å². The van der Waals surface area contributed by atoms with Crippen LogP contribution in [-0.4, -0.2) is 25.1 Å². The quantitative estimate of drug-likeness (QED) is 0.876. The lowest BCUT2D eigenvalue weighted by Gasteiger charge is -2.09. The van der Waals surface area contributed by atoms with E-state index in [1.165, 1.54) is 0 Å². The van der Waals surface area contributed by atoms with Gasteiger partial charge in [0.05, 0.1) is 12.7 Å². The summed E-state index contributed by atoms with van der Waals surface area (Å²) in [4.78, 5) is 4.17. The van der Waals surface area contributed by atoms with Gasteiger partial charge in [-0.05, 0) is 5.92 Å². The highest BCUT2D eigenvalue weighted by atomic mass is 32.1. The predicted molar refractivity (Wildman–Crippen MR) is 61.0 cm³/mol. The number of aliphatic hydroxyl groups is 1. The van der Waals surface area contributed by atoms with Crippen LogP contribution in [0.15, 0.2) is 17.8 Å². The van der Waals surface area contributed by atoms with Crippen LogP contribution in [-0.2, 0) is 6.54 Å². The molecule has 6 heteroatoms. The molecule has 86 valence electrons. The smallest absolute Gasteiger partial charge is 0.114 e. The van der Waals surface area contributed by atoms with E-state index in [2.05, 4.69) is 15.3 Å². The number of nitrogens with zero attached hydrogens (tertiary/aromatic N) is 4. The van der Waals surface area contributed by atoms with Crippen LogP contribution in [0, 0.1) is 5.92 Å². The van der Waals surface area contributed by atoms with Gasteiger partial charge < -0.3 is 5.11 Å². The highest BCUT2D eigenvalue weighted by Crippen LogP contribution is 2.18. The molecular weight excluding hydrogens is 224 g/mol. The fourth-order valence-electron chi connectivity index (χ4n) is 1.34. The number of hydrogen-bond donors (Lipinski definition) is 1. The lowest BCUT2D eigenvalue weighted by molar-refractivity contribution is 0.122. The first-order chi connectivity index (χ1) is 7.66. The maximum atomic E-state index is 9.81. The van der Waals surface area contributed by atoms with Gasteiger partial charge >= 0.3 is 0 Å². The number of thiazole rings is 1. The van der Waals surface area contributed by atoms with E-state index in [1.54, 1.807) is 28.4 Å². The highest BCUT2D eigenvalue weighted by molar-refractivity contribution is 7.09. The Bertz CT molecular complexity index is 437. The summed E-state index contributed by atoms with van der Waals surface area (Å²) in [5.41, 5.74) is 0.617. The Hall–Kier alpha value is -1.27. The van der Waals surface area contributed by atoms with Crippen molar-refractivity contribution in [2.45, 2.75) is 26.5 Å². The lowest BCUT2D eigenvalue weighted by Crippen LogP contribution is -2.05. The molecule has 0 spiro atoms. The first-order valence-corrected chi connectivity index (χ1v) is 6.01. The van der Waals surface area contributed by atoms with Crippen LogP contribution >= 0.6 is 11.3 Å². The van der Waals surface area contributed by atoms with Gasteiger partial charge in [0.1, 0.15) is 16.8 Å². The molecule has 0 unspecified atom stereocenters. The van der Waals surface area contributed by atoms with Gasteiger partial charge in [0.15, 0.2) is 0 Å². The average molecular weight is 238 g/mol. The molecule has 0 saturated heterocycles. The van der Waals surface area contributed by atoms with E-state index in [1.807, 2.05) is 19.2 Å². The van der Waals surface area contributed by atoms with Crippen molar-refractivity contribution in [1.82, 2.24) is 20.0 Å². The molecule has 16 heavy (non-hydrogen) atoms. The Morgan fingerprint density at radius 3 is 2.94 bits per heavy atom. The molecule has 0 saturated carbocycles. The van der Waals surface area contributed by atoms with E-state index in [9.17, 15) is 5.11 Å². The Labute approximate surface area is 97.8 Å². The van der Waals surface area contributed by atoms with Crippen LogP contribution in [0.3, 0.4) is 0 Å². The summed E-state index contributed by atoms with van der Waals surface area (Å²) in [7, 11) is 0. The van der Waals surface area contributed by atoms with Crippen molar-refractivity contribution in [3.63, 3.8) is 0 Å². The first-order valence-electron chi connectivity index (χ1n) is 5.13. The van der Waals surface area contributed by atoms with E-state index in [4.69, 9.17) is 0 Å². The number of hydrogen-bond acceptors (Lipinski definition) is 5. The van der Waals surface area contributed by atoms with Crippen molar-refractivity contribution in [3.8, 4) is 0 Å². The minimum atomic E-state index is -0.551. The average Bonchev–Trinajstić information content (AvgIpc) is 2.88. The molecule has 5 nitrogen and oxygen atoms in total. The fourth-order valence-corrected chi connectivity index (χ4v) is 1.94. The SMILES string of the molecule is CC(C)[C@@H](O)c1cn(Cc2nccs2)nn1. The second kappa shape index (κ2) is 4.71. The molecule has 0 fully saturated rings. The Balaban J connectivity index is 2.08. The van der Waals surface area contributed by atoms with Gasteiger partial charge in [-0.1, -0.05) is 19.1 Å². The minimum Gasteiger partial charge on any atom is -0.386 e. The topological polar surface area (TPSA) is 63.8 Å². The van der Waals surface area contributed by atoms with E-state index >= 15 is 0 Å². The number of aromatic nitrogens is 4. The molecule has 2 heterocycles. The minimum absolute atomic E-state index is 0.144. The van der Waals surface area contributed by atoms with Crippen molar-refractivity contribution in [2.75, 3.05) is 0 Å². The van der Waals surface area contributed by atoms with E-state index < -0.39 is 6.10 Å². The molecule has 2 aromatic heterocycles. The first kappa shape index (κ1) is 11.2. The van der Waals surface area contributed by atoms with Crippen LogP contribution in [0.2, 0.25) is 0 Å². The molecular formula is C10H14N4OS. The second-order valence-corrected chi connectivity index (χ2v) is 4.93. The van der Waals surface area contributed by atoms with Crippen molar-refractivity contribution in [1.29, 1.82) is 0 Å². The third-order valence-corrected chi connectivity index (χ3v) is 3.04. The van der Waals surface area contributed by atoms with Crippen LogP contribution in [0.5, 0.6) is 0 Å². The summed E-state index contributed by atoms with van der Waals surface area (Å²) in [5.74, 6) is 0.144. The molecule has 0 aromatic carbocycles. The molecule has 2 aromatic rings. The zero-order chi connectivity index (χ0) is 11.5. The Morgan fingerprint density at radius 2 is 2.31 bits per heavy atom. The summed E-state index contributed by atoms with van der Waals surface area (Å²) < 4.78 is 1.69. The Morgan fingerprint density at radius 1 is 1.50 bits per heavy atom. The fraction of sp³-hybridized carbons (Fsp3) is 0.500. The molecule has 0 aliphatic heterocycles. The van der Waals surface area contributed by atoms with Gasteiger partial charge in [0, 0.05) is 11.6 Å². The maximum absolute atomic E-state index is 9.81. The summed E-state index contributed by atoms with van der Waals surface area (Å²) in [6, 6.07) is 0. The second-order valence-electron chi connectivity index (χ2n) is 3.96. The van der Waals surface area contributed by atoms with Crippen LogP contribution in [0.4, 0.5) is 0 Å². The van der Waals surface area contributed by atoms with E-state index in [-0.39, 0.29) is 5.92 Å². The number of aliphatic hydroxyl groups excluding tert-OH is 1. The third-order valence-electron chi connectivity index (χ3n) is 2.27. The summed E-state index contributed by atoms with van der Waals surface area (Å²) in [6.07, 6.45) is 2.98. The highest BCUT2D eigenvalue weighted by Gasteiger charge is 2.15. The Kier molecular flexibility index (Phi) is 3.31. The molecule has 0 bridgehead atoms. The van der Waals surface area contributed by atoms with Gasteiger partial charge in [0.2, 0.25) is 0 Å².